The Kier molecular flexibility index (Phi) is 19.1. The molecule has 0 aliphatic carbocycles. The van der Waals surface area contributed by atoms with Crippen LogP contribution >= 0.6 is 0 Å². The maximum absolute atomic E-state index is 15.3. The second kappa shape index (κ2) is 26.4. The van der Waals surface area contributed by atoms with E-state index < -0.39 is 35.1 Å². The maximum atomic E-state index is 15.3. The van der Waals surface area contributed by atoms with Crippen molar-refractivity contribution in [2.45, 2.75) is 75.9 Å². The average molecular weight is 1060 g/mol. The van der Waals surface area contributed by atoms with Gasteiger partial charge in [-0.2, -0.15) is 0 Å². The SMILES string of the molecule is C[C@@H](NC(=O)c1cccc(NC2(c3nnc(-c4ccncc4)[nH]3)CCN(C)CC2)c1)c1ccc(OCCCCCOCCCOCC(=O)N2CCN(c3cc(C(=O)N(C)C4CCC(=O)NC4=O)c(C=O)cc3F)CC2)cc1. The summed E-state index contributed by atoms with van der Waals surface area (Å²) in [6, 6.07) is 20.3. The van der Waals surface area contributed by atoms with E-state index in [0.717, 1.165) is 84.5 Å². The number of anilines is 2. The molecule has 4 N–H and O–H groups in total. The van der Waals surface area contributed by atoms with Crippen molar-refractivity contribution >= 4 is 47.2 Å². The van der Waals surface area contributed by atoms with Crippen molar-refractivity contribution in [2.75, 3.05) is 96.6 Å². The van der Waals surface area contributed by atoms with Crippen LogP contribution in [0.2, 0.25) is 0 Å². The van der Waals surface area contributed by atoms with E-state index in [9.17, 15) is 28.8 Å². The number of halogens is 1. The highest BCUT2D eigenvalue weighted by atomic mass is 19.1. The van der Waals surface area contributed by atoms with Crippen molar-refractivity contribution in [3.8, 4) is 17.1 Å². The summed E-state index contributed by atoms with van der Waals surface area (Å²) in [7, 11) is 3.52. The number of carbonyl (C=O) groups is 6. The summed E-state index contributed by atoms with van der Waals surface area (Å²) in [6.45, 7) is 6.81. The molecule has 3 saturated heterocycles. The van der Waals surface area contributed by atoms with Crippen LogP contribution in [0.1, 0.15) is 107 Å². The Morgan fingerprint density at radius 1 is 0.883 bits per heavy atom. The van der Waals surface area contributed by atoms with Gasteiger partial charge in [-0.25, -0.2) is 4.39 Å². The summed E-state index contributed by atoms with van der Waals surface area (Å²) < 4.78 is 32.7. The zero-order chi connectivity index (χ0) is 54.3. The highest BCUT2D eigenvalue weighted by Crippen LogP contribution is 2.36. The molecular weight excluding hydrogens is 990 g/mol. The number of piperidine rings is 2. The van der Waals surface area contributed by atoms with Crippen LogP contribution in [0.4, 0.5) is 15.8 Å². The standard InChI is InChI=1S/C56H68FN11O9/c1-38(59-52(72)41-9-7-10-43(33-41)62-56(19-23-65(2)24-20-56)55-61-51(63-64-55)40-17-21-58-22-18-40)39-11-13-44(14-12-39)77-32-6-4-5-29-75-30-8-31-76-37-50(71)68-27-25-67(26-28-68)48-35-45(42(36-69)34-46(48)57)54(74)66(3)47-15-16-49(70)60-53(47)73/h7,9-14,17-18,21-22,33-36,38,47,62H,4-6,8,15-16,19-20,23-32,37H2,1-3H3,(H,59,72)(H,60,70,73)(H,61,63,64)/t38-,47?/m1/s1. The summed E-state index contributed by atoms with van der Waals surface area (Å²) in [5.41, 5.74) is 2.63. The van der Waals surface area contributed by atoms with E-state index in [1.54, 1.807) is 22.2 Å². The van der Waals surface area contributed by atoms with Crippen LogP contribution in [0.3, 0.4) is 0 Å². The van der Waals surface area contributed by atoms with Crippen molar-refractivity contribution in [3.63, 3.8) is 0 Å². The van der Waals surface area contributed by atoms with Gasteiger partial charge in [-0.05, 0) is 119 Å². The lowest BCUT2D eigenvalue weighted by Gasteiger charge is -2.40. The number of ether oxygens (including phenoxy) is 3. The van der Waals surface area contributed by atoms with Gasteiger partial charge in [0.25, 0.3) is 11.8 Å². The fourth-order valence-electron chi connectivity index (χ4n) is 9.74. The summed E-state index contributed by atoms with van der Waals surface area (Å²) in [4.78, 5) is 90.1. The van der Waals surface area contributed by atoms with Gasteiger partial charge in [0.2, 0.25) is 17.7 Å². The molecule has 2 atom stereocenters. The molecule has 5 heterocycles. The summed E-state index contributed by atoms with van der Waals surface area (Å²) in [5, 5.41) is 18.1. The van der Waals surface area contributed by atoms with E-state index in [2.05, 4.69) is 48.1 Å². The van der Waals surface area contributed by atoms with Gasteiger partial charge in [-0.1, -0.05) is 18.2 Å². The lowest BCUT2D eigenvalue weighted by molar-refractivity contribution is -0.137. The lowest BCUT2D eigenvalue weighted by atomic mass is 9.86. The van der Waals surface area contributed by atoms with Crippen LogP contribution < -0.4 is 25.6 Å². The molecule has 3 aliphatic heterocycles. The van der Waals surface area contributed by atoms with E-state index in [4.69, 9.17) is 14.2 Å². The van der Waals surface area contributed by atoms with E-state index in [-0.39, 0.29) is 67.2 Å². The number of rotatable bonds is 24. The van der Waals surface area contributed by atoms with Crippen LogP contribution in [0.15, 0.2) is 85.2 Å². The molecule has 8 rings (SSSR count). The van der Waals surface area contributed by atoms with Crippen LogP contribution in [0.25, 0.3) is 11.4 Å². The average Bonchev–Trinajstić information content (AvgIpc) is 3.98. The number of nitrogens with zero attached hydrogens (tertiary/aromatic N) is 7. The number of imide groups is 1. The fourth-order valence-corrected chi connectivity index (χ4v) is 9.74. The number of carbonyl (C=O) groups excluding carboxylic acids is 6. The number of aromatic nitrogens is 4. The number of pyridine rings is 1. The van der Waals surface area contributed by atoms with Gasteiger partial charge in [0.05, 0.1) is 29.4 Å². The quantitative estimate of drug-likeness (QED) is 0.0338. The predicted molar refractivity (Wildman–Crippen MR) is 285 cm³/mol. The highest BCUT2D eigenvalue weighted by Gasteiger charge is 2.39. The Labute approximate surface area is 447 Å². The van der Waals surface area contributed by atoms with Crippen LogP contribution in [0, 0.1) is 5.82 Å². The summed E-state index contributed by atoms with van der Waals surface area (Å²) in [5.74, 6) is -0.538. The van der Waals surface area contributed by atoms with Gasteiger partial charge in [0.15, 0.2) is 17.9 Å². The number of nitrogens with one attached hydrogen (secondary N) is 4. The molecule has 0 saturated carbocycles. The molecule has 0 radical (unpaired) electrons. The Morgan fingerprint density at radius 3 is 2.35 bits per heavy atom. The molecule has 77 heavy (non-hydrogen) atoms. The molecule has 3 aliphatic rings. The number of unbranched alkanes of at least 4 members (excludes halogenated alkanes) is 2. The predicted octanol–water partition coefficient (Wildman–Crippen LogP) is 5.54. The van der Waals surface area contributed by atoms with Crippen molar-refractivity contribution in [2.24, 2.45) is 0 Å². The van der Waals surface area contributed by atoms with Gasteiger partial charge >= 0.3 is 0 Å². The number of aldehydes is 1. The Balaban J connectivity index is 0.675. The number of likely N-dealkylation sites (N-methyl/N-ethyl adjacent to an activating group) is 1. The lowest BCUT2D eigenvalue weighted by Crippen LogP contribution is -2.53. The molecule has 3 aromatic carbocycles. The van der Waals surface area contributed by atoms with Gasteiger partial charge < -0.3 is 49.4 Å². The maximum Gasteiger partial charge on any atom is 0.255 e. The van der Waals surface area contributed by atoms with E-state index >= 15 is 4.39 Å². The Morgan fingerprint density at radius 2 is 1.61 bits per heavy atom. The van der Waals surface area contributed by atoms with Gasteiger partial charge in [-0.15, -0.1) is 10.2 Å². The molecule has 1 unspecified atom stereocenters. The first kappa shape index (κ1) is 55.6. The number of benzene rings is 3. The summed E-state index contributed by atoms with van der Waals surface area (Å²) in [6.07, 6.45) is 8.96. The normalized spacial score (nSPS) is 17.1. The smallest absolute Gasteiger partial charge is 0.255 e. The number of aromatic amines is 1. The monoisotopic (exact) mass is 1060 g/mol. The fraction of sp³-hybridized carbons (Fsp3) is 0.446. The first-order chi connectivity index (χ1) is 37.3. The molecule has 5 aromatic rings. The van der Waals surface area contributed by atoms with Crippen LogP contribution in [-0.4, -0.2) is 163 Å². The van der Waals surface area contributed by atoms with E-state index in [1.807, 2.05) is 67.6 Å². The number of likely N-dealkylation sites (tertiary alicyclic amines) is 1. The minimum atomic E-state index is -0.910. The number of amides is 5. The number of H-pyrrole nitrogens is 1. The Hall–Kier alpha value is -7.62. The van der Waals surface area contributed by atoms with Gasteiger partial charge in [-0.3, -0.25) is 39.1 Å². The van der Waals surface area contributed by atoms with Gasteiger partial charge in [0.1, 0.15) is 24.2 Å². The largest absolute Gasteiger partial charge is 0.494 e. The third-order valence-electron chi connectivity index (χ3n) is 14.4. The zero-order valence-electron chi connectivity index (χ0n) is 43.9. The van der Waals surface area contributed by atoms with Crippen LogP contribution in [-0.2, 0) is 29.4 Å². The van der Waals surface area contributed by atoms with Crippen molar-refractivity contribution < 1.29 is 47.4 Å². The first-order valence-electron chi connectivity index (χ1n) is 26.3. The van der Waals surface area contributed by atoms with Crippen molar-refractivity contribution in [3.05, 3.63) is 119 Å². The number of piperazine rings is 1. The zero-order valence-corrected chi connectivity index (χ0v) is 43.9. The number of hydrogen-bond acceptors (Lipinski definition) is 15. The van der Waals surface area contributed by atoms with Gasteiger partial charge in [0, 0.05) is 107 Å². The first-order valence-corrected chi connectivity index (χ1v) is 26.3. The second-order valence-electron chi connectivity index (χ2n) is 19.8. The minimum absolute atomic E-state index is 0.0623. The Bertz CT molecular complexity index is 2840. The van der Waals surface area contributed by atoms with Crippen molar-refractivity contribution in [1.82, 2.24) is 45.5 Å². The highest BCUT2D eigenvalue weighted by molar-refractivity contribution is 6.06. The molecule has 3 fully saturated rings. The number of hydrogen-bond donors (Lipinski definition) is 4. The summed E-state index contributed by atoms with van der Waals surface area (Å²) >= 11 is 0. The third kappa shape index (κ3) is 14.5. The topological polar surface area (TPSA) is 234 Å². The molecular formula is C56H68FN11O9. The van der Waals surface area contributed by atoms with E-state index in [1.165, 1.54) is 13.1 Å². The molecule has 408 valence electrons. The third-order valence-corrected chi connectivity index (χ3v) is 14.4. The van der Waals surface area contributed by atoms with E-state index in [0.29, 0.717) is 63.6 Å². The molecule has 21 heteroatoms. The molecule has 0 spiro atoms. The van der Waals surface area contributed by atoms with Crippen molar-refractivity contribution in [1.29, 1.82) is 0 Å². The minimum Gasteiger partial charge on any atom is -0.494 e. The molecule has 20 nitrogen and oxygen atoms in total. The second-order valence-corrected chi connectivity index (χ2v) is 19.8. The molecule has 2 aromatic heterocycles. The van der Waals surface area contributed by atoms with Crippen LogP contribution in [0.5, 0.6) is 5.75 Å². The molecule has 5 amide bonds. The molecule has 0 bridgehead atoms.